The van der Waals surface area contributed by atoms with Crippen LogP contribution < -0.4 is 11.1 Å². The van der Waals surface area contributed by atoms with E-state index in [2.05, 4.69) is 47.9 Å². The van der Waals surface area contributed by atoms with Gasteiger partial charge in [0.05, 0.1) is 6.04 Å². The predicted molar refractivity (Wildman–Crippen MR) is 67.2 cm³/mol. The molecule has 15 heavy (non-hydrogen) atoms. The minimum atomic E-state index is -0.0397. The van der Waals surface area contributed by atoms with Crippen molar-refractivity contribution in [1.29, 1.82) is 0 Å². The third-order valence-corrected chi connectivity index (χ3v) is 2.56. The third-order valence-electron chi connectivity index (χ3n) is 1.86. The smallest absolute Gasteiger partial charge is 0.189 e. The lowest BCUT2D eigenvalue weighted by Crippen LogP contribution is -2.45. The average molecular weight is 225 g/mol. The molecule has 1 atom stereocenters. The summed E-state index contributed by atoms with van der Waals surface area (Å²) >= 11 is 1.68. The van der Waals surface area contributed by atoms with Crippen molar-refractivity contribution in [3.8, 4) is 0 Å². The van der Waals surface area contributed by atoms with E-state index in [0.717, 1.165) is 0 Å². The molecule has 3 nitrogen and oxygen atoms in total. The molecule has 0 aliphatic carbocycles. The number of hydrogen-bond acceptors (Lipinski definition) is 2. The van der Waals surface area contributed by atoms with Gasteiger partial charge < -0.3 is 11.1 Å². The number of nitrogens with zero attached hydrogens (tertiary/aromatic N) is 1. The van der Waals surface area contributed by atoms with Gasteiger partial charge in [-0.25, -0.2) is 4.99 Å². The van der Waals surface area contributed by atoms with Crippen LogP contribution in [0, 0.1) is 0 Å². The Balaban J connectivity index is 2.63. The number of thiophene rings is 1. The van der Waals surface area contributed by atoms with Gasteiger partial charge >= 0.3 is 0 Å². The highest BCUT2D eigenvalue weighted by Crippen LogP contribution is 2.18. The zero-order chi connectivity index (χ0) is 11.5. The molecule has 1 unspecified atom stereocenters. The van der Waals surface area contributed by atoms with Crippen LogP contribution in [0.15, 0.2) is 21.8 Å². The van der Waals surface area contributed by atoms with Crippen LogP contribution in [-0.2, 0) is 0 Å². The molecule has 0 spiro atoms. The normalized spacial score (nSPS) is 15.1. The van der Waals surface area contributed by atoms with Crippen molar-refractivity contribution in [3.63, 3.8) is 0 Å². The van der Waals surface area contributed by atoms with Gasteiger partial charge in [0.15, 0.2) is 5.96 Å². The van der Waals surface area contributed by atoms with Crippen molar-refractivity contribution < 1.29 is 0 Å². The molecule has 84 valence electrons. The number of rotatable bonds is 2. The molecule has 0 saturated heterocycles. The number of nitrogens with one attached hydrogen (secondary N) is 1. The zero-order valence-electron chi connectivity index (χ0n) is 9.74. The summed E-state index contributed by atoms with van der Waals surface area (Å²) in [7, 11) is 0. The molecule has 1 heterocycles. The minimum Gasteiger partial charge on any atom is -0.370 e. The van der Waals surface area contributed by atoms with Crippen LogP contribution in [0.25, 0.3) is 0 Å². The van der Waals surface area contributed by atoms with E-state index in [1.807, 2.05) is 6.92 Å². The third kappa shape index (κ3) is 4.34. The van der Waals surface area contributed by atoms with Gasteiger partial charge in [0.1, 0.15) is 0 Å². The molecular weight excluding hydrogens is 206 g/mol. The Kier molecular flexibility index (Phi) is 3.74. The molecule has 0 aromatic carbocycles. The molecule has 0 aliphatic rings. The Bertz CT molecular complexity index is 322. The molecule has 1 rings (SSSR count). The largest absolute Gasteiger partial charge is 0.370 e. The summed E-state index contributed by atoms with van der Waals surface area (Å²) in [6.45, 7) is 8.22. The van der Waals surface area contributed by atoms with Crippen LogP contribution in [0.1, 0.15) is 39.3 Å². The first-order chi connectivity index (χ1) is 6.88. The molecule has 4 heteroatoms. The first-order valence-corrected chi connectivity index (χ1v) is 5.96. The van der Waals surface area contributed by atoms with Gasteiger partial charge in [-0.1, -0.05) is 0 Å². The number of hydrogen-bond donors (Lipinski definition) is 2. The topological polar surface area (TPSA) is 50.4 Å². The number of guanidine groups is 1. The quantitative estimate of drug-likeness (QED) is 0.600. The summed E-state index contributed by atoms with van der Waals surface area (Å²) in [5, 5.41) is 7.29. The van der Waals surface area contributed by atoms with E-state index in [1.165, 1.54) is 5.56 Å². The van der Waals surface area contributed by atoms with Gasteiger partial charge in [0, 0.05) is 5.54 Å². The highest BCUT2D eigenvalue weighted by molar-refractivity contribution is 7.07. The Morgan fingerprint density at radius 2 is 2.20 bits per heavy atom. The van der Waals surface area contributed by atoms with E-state index in [1.54, 1.807) is 11.3 Å². The molecule has 0 fully saturated rings. The van der Waals surface area contributed by atoms with Crippen molar-refractivity contribution in [1.82, 2.24) is 5.32 Å². The molecule has 3 N–H and O–H groups in total. The number of nitrogens with two attached hydrogens (primary N) is 1. The monoisotopic (exact) mass is 225 g/mol. The summed E-state index contributed by atoms with van der Waals surface area (Å²) in [5.74, 6) is 0.501. The van der Waals surface area contributed by atoms with Crippen molar-refractivity contribution in [2.45, 2.75) is 39.3 Å². The summed E-state index contributed by atoms with van der Waals surface area (Å²) in [6.07, 6.45) is 0. The SMILES string of the molecule is CC(N=C(N)NC(C)(C)C)c1ccsc1. The van der Waals surface area contributed by atoms with E-state index in [0.29, 0.717) is 5.96 Å². The predicted octanol–water partition coefficient (Wildman–Crippen LogP) is 2.51. The Morgan fingerprint density at radius 1 is 1.53 bits per heavy atom. The highest BCUT2D eigenvalue weighted by atomic mass is 32.1. The Labute approximate surface area is 95.4 Å². The Hall–Kier alpha value is -1.03. The minimum absolute atomic E-state index is 0.0397. The molecular formula is C11H19N3S. The lowest BCUT2D eigenvalue weighted by atomic mass is 10.1. The molecule has 0 amide bonds. The fourth-order valence-electron chi connectivity index (χ4n) is 1.21. The summed E-state index contributed by atoms with van der Waals surface area (Å²) in [4.78, 5) is 4.39. The van der Waals surface area contributed by atoms with Crippen molar-refractivity contribution in [2.75, 3.05) is 0 Å². The van der Waals surface area contributed by atoms with Crippen LogP contribution in [0.3, 0.4) is 0 Å². The molecule has 1 aromatic heterocycles. The van der Waals surface area contributed by atoms with Crippen molar-refractivity contribution >= 4 is 17.3 Å². The van der Waals surface area contributed by atoms with Gasteiger partial charge in [-0.15, -0.1) is 0 Å². The zero-order valence-corrected chi connectivity index (χ0v) is 10.6. The summed E-state index contributed by atoms with van der Waals surface area (Å²) in [5.41, 5.74) is 6.98. The summed E-state index contributed by atoms with van der Waals surface area (Å²) < 4.78 is 0. The standard InChI is InChI=1S/C11H19N3S/c1-8(9-5-6-15-7-9)13-10(12)14-11(2,3)4/h5-8H,1-4H3,(H3,12,13,14). The van der Waals surface area contributed by atoms with Gasteiger partial charge in [0.25, 0.3) is 0 Å². The van der Waals surface area contributed by atoms with Gasteiger partial charge in [-0.05, 0) is 50.1 Å². The lowest BCUT2D eigenvalue weighted by molar-refractivity contribution is 0.507. The van der Waals surface area contributed by atoms with Crippen LogP contribution in [0.5, 0.6) is 0 Å². The van der Waals surface area contributed by atoms with Crippen LogP contribution in [0.4, 0.5) is 0 Å². The second kappa shape index (κ2) is 4.66. The van der Waals surface area contributed by atoms with Gasteiger partial charge in [-0.3, -0.25) is 0 Å². The maximum Gasteiger partial charge on any atom is 0.189 e. The average Bonchev–Trinajstić information content (AvgIpc) is 2.50. The lowest BCUT2D eigenvalue weighted by Gasteiger charge is -2.21. The fraction of sp³-hybridized carbons (Fsp3) is 0.545. The van der Waals surface area contributed by atoms with E-state index in [9.17, 15) is 0 Å². The Morgan fingerprint density at radius 3 is 2.67 bits per heavy atom. The van der Waals surface area contributed by atoms with Crippen LogP contribution in [0.2, 0.25) is 0 Å². The van der Waals surface area contributed by atoms with Gasteiger partial charge in [-0.2, -0.15) is 11.3 Å². The molecule has 0 aliphatic heterocycles. The molecule has 0 saturated carbocycles. The van der Waals surface area contributed by atoms with Gasteiger partial charge in [0.2, 0.25) is 0 Å². The fourth-order valence-corrected chi connectivity index (χ4v) is 1.96. The second-order valence-electron chi connectivity index (χ2n) is 4.62. The summed E-state index contributed by atoms with van der Waals surface area (Å²) in [6, 6.07) is 2.19. The molecule has 0 radical (unpaired) electrons. The van der Waals surface area contributed by atoms with E-state index >= 15 is 0 Å². The van der Waals surface area contributed by atoms with Crippen LogP contribution >= 0.6 is 11.3 Å². The van der Waals surface area contributed by atoms with Crippen molar-refractivity contribution in [3.05, 3.63) is 22.4 Å². The van der Waals surface area contributed by atoms with Crippen LogP contribution in [-0.4, -0.2) is 11.5 Å². The first kappa shape index (κ1) is 12.0. The van der Waals surface area contributed by atoms with E-state index in [4.69, 9.17) is 5.73 Å². The molecule has 0 bridgehead atoms. The molecule has 1 aromatic rings. The van der Waals surface area contributed by atoms with E-state index in [-0.39, 0.29) is 11.6 Å². The van der Waals surface area contributed by atoms with E-state index < -0.39 is 0 Å². The van der Waals surface area contributed by atoms with Crippen molar-refractivity contribution in [2.24, 2.45) is 10.7 Å². The second-order valence-corrected chi connectivity index (χ2v) is 5.40. The first-order valence-electron chi connectivity index (χ1n) is 5.02. The number of aliphatic imine (C=N–C) groups is 1. The maximum absolute atomic E-state index is 5.81. The highest BCUT2D eigenvalue weighted by Gasteiger charge is 2.11. The maximum atomic E-state index is 5.81.